The smallest absolute Gasteiger partial charge is 0.208 e. The van der Waals surface area contributed by atoms with Crippen molar-refractivity contribution >= 4 is 0 Å². The minimum absolute atomic E-state index is 0.612. The van der Waals surface area contributed by atoms with E-state index in [2.05, 4.69) is 24.1 Å². The van der Waals surface area contributed by atoms with Crippen molar-refractivity contribution in [3.8, 4) is 0 Å². The Kier molecular flexibility index (Phi) is 6.22. The summed E-state index contributed by atoms with van der Waals surface area (Å²) in [5, 5.41) is 3.29. The van der Waals surface area contributed by atoms with Gasteiger partial charge < -0.3 is 14.5 Å². The van der Waals surface area contributed by atoms with Crippen LogP contribution in [0.15, 0.2) is 4.42 Å². The molecule has 1 aromatic heterocycles. The van der Waals surface area contributed by atoms with Crippen molar-refractivity contribution in [3.63, 3.8) is 0 Å². The number of nitrogens with zero attached hydrogens (tertiary/aromatic N) is 1. The second kappa shape index (κ2) is 7.45. The molecule has 0 atom stereocenters. The van der Waals surface area contributed by atoms with Crippen molar-refractivity contribution in [1.82, 2.24) is 10.3 Å². The Bertz CT molecular complexity index is 302. The van der Waals surface area contributed by atoms with Gasteiger partial charge in [0.15, 0.2) is 0 Å². The van der Waals surface area contributed by atoms with Gasteiger partial charge in [0.2, 0.25) is 5.89 Å². The SMILES string of the molecule is Cc1nc(CNCCCOCC(C)C)oc1C. The van der Waals surface area contributed by atoms with E-state index >= 15 is 0 Å². The quantitative estimate of drug-likeness (QED) is 0.709. The highest BCUT2D eigenvalue weighted by atomic mass is 16.5. The van der Waals surface area contributed by atoms with Crippen LogP contribution >= 0.6 is 0 Å². The molecule has 0 fully saturated rings. The summed E-state index contributed by atoms with van der Waals surface area (Å²) in [6.07, 6.45) is 1.02. The standard InChI is InChI=1S/C13H24N2O2/c1-10(2)9-16-7-5-6-14-8-13-15-11(3)12(4)17-13/h10,14H,5-9H2,1-4H3. The molecule has 0 aliphatic carbocycles. The Morgan fingerprint density at radius 3 is 2.71 bits per heavy atom. The van der Waals surface area contributed by atoms with Crippen LogP contribution in [-0.4, -0.2) is 24.7 Å². The normalized spacial score (nSPS) is 11.4. The molecule has 1 heterocycles. The maximum atomic E-state index is 5.49. The largest absolute Gasteiger partial charge is 0.444 e. The van der Waals surface area contributed by atoms with E-state index in [1.807, 2.05) is 13.8 Å². The third-order valence-corrected chi connectivity index (χ3v) is 2.44. The molecule has 0 aliphatic heterocycles. The van der Waals surface area contributed by atoms with Crippen LogP contribution in [-0.2, 0) is 11.3 Å². The fourth-order valence-electron chi connectivity index (χ4n) is 1.43. The third kappa shape index (κ3) is 5.84. The van der Waals surface area contributed by atoms with Crippen LogP contribution in [0.4, 0.5) is 0 Å². The van der Waals surface area contributed by atoms with Crippen LogP contribution in [0.3, 0.4) is 0 Å². The summed E-state index contributed by atoms with van der Waals surface area (Å²) in [7, 11) is 0. The fraction of sp³-hybridized carbons (Fsp3) is 0.769. The lowest BCUT2D eigenvalue weighted by Crippen LogP contribution is -2.17. The predicted octanol–water partition coefficient (Wildman–Crippen LogP) is 2.44. The summed E-state index contributed by atoms with van der Waals surface area (Å²) in [5.41, 5.74) is 0.974. The molecule has 4 heteroatoms. The van der Waals surface area contributed by atoms with Gasteiger partial charge in [0.25, 0.3) is 0 Å². The van der Waals surface area contributed by atoms with E-state index in [-0.39, 0.29) is 0 Å². The van der Waals surface area contributed by atoms with Gasteiger partial charge >= 0.3 is 0 Å². The number of oxazole rings is 1. The summed E-state index contributed by atoms with van der Waals surface area (Å²) in [4.78, 5) is 4.31. The Morgan fingerprint density at radius 2 is 2.12 bits per heavy atom. The molecule has 0 aromatic carbocycles. The predicted molar refractivity (Wildman–Crippen MR) is 68.0 cm³/mol. The van der Waals surface area contributed by atoms with E-state index < -0.39 is 0 Å². The maximum absolute atomic E-state index is 5.49. The topological polar surface area (TPSA) is 47.3 Å². The molecule has 0 aliphatic rings. The molecule has 0 unspecified atom stereocenters. The number of hydrogen-bond acceptors (Lipinski definition) is 4. The third-order valence-electron chi connectivity index (χ3n) is 2.44. The van der Waals surface area contributed by atoms with Crippen molar-refractivity contribution in [1.29, 1.82) is 0 Å². The van der Waals surface area contributed by atoms with E-state index in [9.17, 15) is 0 Å². The molecule has 98 valence electrons. The molecule has 1 aromatic rings. The lowest BCUT2D eigenvalue weighted by Gasteiger charge is -2.06. The second-order valence-electron chi connectivity index (χ2n) is 4.75. The molecule has 4 nitrogen and oxygen atoms in total. The number of ether oxygens (including phenoxy) is 1. The monoisotopic (exact) mass is 240 g/mol. The van der Waals surface area contributed by atoms with Gasteiger partial charge in [-0.3, -0.25) is 0 Å². The summed E-state index contributed by atoms with van der Waals surface area (Å²) in [6.45, 7) is 11.5. The molecule has 0 radical (unpaired) electrons. The number of aromatic nitrogens is 1. The van der Waals surface area contributed by atoms with Gasteiger partial charge in [0.1, 0.15) is 5.76 Å². The lowest BCUT2D eigenvalue weighted by molar-refractivity contribution is 0.108. The highest BCUT2D eigenvalue weighted by molar-refractivity contribution is 5.04. The van der Waals surface area contributed by atoms with Gasteiger partial charge in [0, 0.05) is 13.2 Å². The van der Waals surface area contributed by atoms with Gasteiger partial charge in [-0.05, 0) is 32.7 Å². The van der Waals surface area contributed by atoms with Crippen molar-refractivity contribution in [3.05, 3.63) is 17.3 Å². The van der Waals surface area contributed by atoms with Gasteiger partial charge in [-0.15, -0.1) is 0 Å². The van der Waals surface area contributed by atoms with Crippen LogP contribution in [0.1, 0.15) is 37.6 Å². The average Bonchev–Trinajstić information content (AvgIpc) is 2.56. The molecule has 0 saturated heterocycles. The average molecular weight is 240 g/mol. The molecule has 0 spiro atoms. The number of rotatable bonds is 8. The summed E-state index contributed by atoms with van der Waals surface area (Å²) < 4.78 is 11.0. The van der Waals surface area contributed by atoms with Crippen molar-refractivity contribution < 1.29 is 9.15 Å². The van der Waals surface area contributed by atoms with Gasteiger partial charge in [0.05, 0.1) is 12.2 Å². The van der Waals surface area contributed by atoms with E-state index in [1.54, 1.807) is 0 Å². The fourth-order valence-corrected chi connectivity index (χ4v) is 1.43. The first-order valence-corrected chi connectivity index (χ1v) is 6.31. The minimum Gasteiger partial charge on any atom is -0.444 e. The lowest BCUT2D eigenvalue weighted by atomic mass is 10.2. The number of aryl methyl sites for hydroxylation is 2. The Balaban J connectivity index is 2.01. The number of hydrogen-bond donors (Lipinski definition) is 1. The molecule has 0 saturated carbocycles. The van der Waals surface area contributed by atoms with E-state index in [0.717, 1.165) is 43.5 Å². The zero-order chi connectivity index (χ0) is 12.7. The zero-order valence-corrected chi connectivity index (χ0v) is 11.4. The first-order chi connectivity index (χ1) is 8.09. The molecular weight excluding hydrogens is 216 g/mol. The Labute approximate surface area is 104 Å². The highest BCUT2D eigenvalue weighted by Crippen LogP contribution is 2.07. The van der Waals surface area contributed by atoms with Crippen LogP contribution in [0.2, 0.25) is 0 Å². The molecule has 1 N–H and O–H groups in total. The molecule has 17 heavy (non-hydrogen) atoms. The number of nitrogens with one attached hydrogen (secondary N) is 1. The zero-order valence-electron chi connectivity index (χ0n) is 11.4. The van der Waals surface area contributed by atoms with Crippen LogP contribution in [0.5, 0.6) is 0 Å². The molecule has 0 bridgehead atoms. The Hall–Kier alpha value is -0.870. The van der Waals surface area contributed by atoms with Gasteiger partial charge in [-0.25, -0.2) is 4.98 Å². The van der Waals surface area contributed by atoms with Crippen LogP contribution in [0.25, 0.3) is 0 Å². The molecule has 1 rings (SSSR count). The van der Waals surface area contributed by atoms with Gasteiger partial charge in [-0.1, -0.05) is 13.8 Å². The van der Waals surface area contributed by atoms with Crippen LogP contribution in [0, 0.1) is 19.8 Å². The van der Waals surface area contributed by atoms with Gasteiger partial charge in [-0.2, -0.15) is 0 Å². The van der Waals surface area contributed by atoms with Crippen LogP contribution < -0.4 is 5.32 Å². The molecular formula is C13H24N2O2. The summed E-state index contributed by atoms with van der Waals surface area (Å²) in [5.74, 6) is 2.28. The second-order valence-corrected chi connectivity index (χ2v) is 4.75. The molecule has 0 amide bonds. The maximum Gasteiger partial charge on any atom is 0.208 e. The van der Waals surface area contributed by atoms with E-state index in [1.165, 1.54) is 0 Å². The minimum atomic E-state index is 0.612. The Morgan fingerprint density at radius 1 is 1.35 bits per heavy atom. The van der Waals surface area contributed by atoms with Crippen molar-refractivity contribution in [2.75, 3.05) is 19.8 Å². The summed E-state index contributed by atoms with van der Waals surface area (Å²) in [6, 6.07) is 0. The van der Waals surface area contributed by atoms with Crippen molar-refractivity contribution in [2.24, 2.45) is 5.92 Å². The van der Waals surface area contributed by atoms with E-state index in [4.69, 9.17) is 9.15 Å². The highest BCUT2D eigenvalue weighted by Gasteiger charge is 2.04. The summed E-state index contributed by atoms with van der Waals surface area (Å²) >= 11 is 0. The van der Waals surface area contributed by atoms with E-state index in [0.29, 0.717) is 12.5 Å². The van der Waals surface area contributed by atoms with Crippen molar-refractivity contribution in [2.45, 2.75) is 40.7 Å². The first-order valence-electron chi connectivity index (χ1n) is 6.31. The first kappa shape index (κ1) is 14.2.